The molecule has 2 aromatic carbocycles. The van der Waals surface area contributed by atoms with Crippen molar-refractivity contribution in [2.24, 2.45) is 0 Å². The second kappa shape index (κ2) is 13.3. The van der Waals surface area contributed by atoms with Crippen LogP contribution >= 0.6 is 0 Å². The maximum atomic E-state index is 12.1. The third kappa shape index (κ3) is 9.50. The van der Waals surface area contributed by atoms with Crippen LogP contribution in [0, 0.1) is 0 Å². The molecule has 0 spiro atoms. The summed E-state index contributed by atoms with van der Waals surface area (Å²) in [5, 5.41) is 2.87. The number of esters is 1. The predicted molar refractivity (Wildman–Crippen MR) is 118 cm³/mol. The molecule has 0 saturated carbocycles. The van der Waals surface area contributed by atoms with Crippen molar-refractivity contribution < 1.29 is 19.1 Å². The van der Waals surface area contributed by atoms with Crippen LogP contribution in [0.1, 0.15) is 56.6 Å². The number of Topliss-reactive ketones (excluding diaryl/α,β-unsaturated/α-hetero) is 1. The van der Waals surface area contributed by atoms with E-state index in [0.29, 0.717) is 25.9 Å². The zero-order valence-electron chi connectivity index (χ0n) is 17.7. The predicted octanol–water partition coefficient (Wildman–Crippen LogP) is 4.88. The first kappa shape index (κ1) is 23.3. The van der Waals surface area contributed by atoms with Gasteiger partial charge in [-0.05, 0) is 43.0 Å². The lowest BCUT2D eigenvalue weighted by atomic mass is 10.0. The van der Waals surface area contributed by atoms with Gasteiger partial charge in [-0.3, -0.25) is 14.4 Å². The number of carbonyl (C=O) groups is 3. The van der Waals surface area contributed by atoms with Crippen LogP contribution in [0.4, 0.5) is 5.69 Å². The SMILES string of the molecule is CCOC(=O)Cc1ccc(NC(=O)CCCCCCC(=O)Cc2ccccc2)cc1. The standard InChI is InChI=1S/C25H31NO4/c1-2-30-25(29)19-21-14-16-22(17-15-21)26-24(28)13-9-4-3-8-12-23(27)18-20-10-6-5-7-11-20/h5-7,10-11,14-17H,2-4,8-9,12-13,18-19H2,1H3,(H,26,28). The van der Waals surface area contributed by atoms with Crippen molar-refractivity contribution in [3.63, 3.8) is 0 Å². The van der Waals surface area contributed by atoms with Gasteiger partial charge in [0.05, 0.1) is 13.0 Å². The Balaban J connectivity index is 1.55. The molecular weight excluding hydrogens is 378 g/mol. The second-order valence-corrected chi connectivity index (χ2v) is 7.34. The van der Waals surface area contributed by atoms with Crippen molar-refractivity contribution in [3.8, 4) is 0 Å². The molecule has 0 heterocycles. The molecule has 0 unspecified atom stereocenters. The Morgan fingerprint density at radius 3 is 2.07 bits per heavy atom. The Kier molecular flexibility index (Phi) is 10.3. The van der Waals surface area contributed by atoms with Crippen LogP contribution in [0.5, 0.6) is 0 Å². The summed E-state index contributed by atoms with van der Waals surface area (Å²) in [4.78, 5) is 35.5. The molecule has 1 amide bonds. The number of nitrogens with one attached hydrogen (secondary N) is 1. The van der Waals surface area contributed by atoms with Gasteiger partial charge >= 0.3 is 5.97 Å². The molecule has 160 valence electrons. The van der Waals surface area contributed by atoms with Crippen LogP contribution in [-0.4, -0.2) is 24.3 Å². The van der Waals surface area contributed by atoms with Gasteiger partial charge in [0.25, 0.3) is 0 Å². The zero-order chi connectivity index (χ0) is 21.6. The molecule has 0 atom stereocenters. The fourth-order valence-electron chi connectivity index (χ4n) is 3.18. The minimum absolute atomic E-state index is 0.0201. The first-order valence-corrected chi connectivity index (χ1v) is 10.7. The highest BCUT2D eigenvalue weighted by atomic mass is 16.5. The van der Waals surface area contributed by atoms with E-state index < -0.39 is 0 Å². The number of hydrogen-bond acceptors (Lipinski definition) is 4. The Labute approximate surface area is 178 Å². The molecule has 0 aliphatic rings. The normalized spacial score (nSPS) is 10.4. The van der Waals surface area contributed by atoms with E-state index in [1.54, 1.807) is 19.1 Å². The monoisotopic (exact) mass is 409 g/mol. The average molecular weight is 410 g/mol. The molecule has 0 radical (unpaired) electrons. The van der Waals surface area contributed by atoms with Crippen LogP contribution in [-0.2, 0) is 32.0 Å². The van der Waals surface area contributed by atoms with E-state index in [1.807, 2.05) is 42.5 Å². The van der Waals surface area contributed by atoms with E-state index >= 15 is 0 Å². The molecule has 0 aliphatic carbocycles. The molecule has 2 aromatic rings. The molecule has 5 heteroatoms. The van der Waals surface area contributed by atoms with Crippen LogP contribution in [0.2, 0.25) is 0 Å². The number of anilines is 1. The Morgan fingerprint density at radius 2 is 1.40 bits per heavy atom. The molecule has 1 N–H and O–H groups in total. The lowest BCUT2D eigenvalue weighted by Crippen LogP contribution is -2.11. The van der Waals surface area contributed by atoms with Crippen molar-refractivity contribution in [1.29, 1.82) is 0 Å². The van der Waals surface area contributed by atoms with Crippen molar-refractivity contribution in [2.75, 3.05) is 11.9 Å². The van der Waals surface area contributed by atoms with E-state index in [0.717, 1.165) is 42.5 Å². The quantitative estimate of drug-likeness (QED) is 0.378. The molecule has 0 saturated heterocycles. The summed E-state index contributed by atoms with van der Waals surface area (Å²) in [5.41, 5.74) is 2.64. The number of rotatable bonds is 13. The van der Waals surface area contributed by atoms with Gasteiger partial charge in [-0.2, -0.15) is 0 Å². The summed E-state index contributed by atoms with van der Waals surface area (Å²) in [5.74, 6) is -0.00491. The van der Waals surface area contributed by atoms with Gasteiger partial charge in [0.2, 0.25) is 5.91 Å². The summed E-state index contributed by atoms with van der Waals surface area (Å²) in [7, 11) is 0. The first-order valence-electron chi connectivity index (χ1n) is 10.7. The molecular formula is C25H31NO4. The molecule has 2 rings (SSSR count). The highest BCUT2D eigenvalue weighted by molar-refractivity contribution is 5.90. The smallest absolute Gasteiger partial charge is 0.310 e. The summed E-state index contributed by atoms with van der Waals surface area (Å²) in [6.45, 7) is 2.15. The fraction of sp³-hybridized carbons (Fsp3) is 0.400. The Hall–Kier alpha value is -2.95. The van der Waals surface area contributed by atoms with E-state index in [1.165, 1.54) is 0 Å². The number of unbranched alkanes of at least 4 members (excludes halogenated alkanes) is 3. The van der Waals surface area contributed by atoms with Crippen LogP contribution in [0.15, 0.2) is 54.6 Å². The van der Waals surface area contributed by atoms with Gasteiger partial charge in [0.15, 0.2) is 0 Å². The summed E-state index contributed by atoms with van der Waals surface area (Å²) in [6.07, 6.45) is 5.36. The molecule has 0 aromatic heterocycles. The second-order valence-electron chi connectivity index (χ2n) is 7.34. The Morgan fingerprint density at radius 1 is 0.767 bits per heavy atom. The van der Waals surface area contributed by atoms with Crippen molar-refractivity contribution in [2.45, 2.75) is 58.3 Å². The molecule has 0 bridgehead atoms. The van der Waals surface area contributed by atoms with Crippen molar-refractivity contribution in [1.82, 2.24) is 0 Å². The van der Waals surface area contributed by atoms with Crippen molar-refractivity contribution >= 4 is 23.3 Å². The summed E-state index contributed by atoms with van der Waals surface area (Å²) >= 11 is 0. The third-order valence-corrected chi connectivity index (χ3v) is 4.75. The van der Waals surface area contributed by atoms with E-state index in [2.05, 4.69) is 5.32 Å². The van der Waals surface area contributed by atoms with E-state index in [9.17, 15) is 14.4 Å². The van der Waals surface area contributed by atoms with E-state index in [4.69, 9.17) is 4.74 Å². The molecule has 30 heavy (non-hydrogen) atoms. The number of amides is 1. The third-order valence-electron chi connectivity index (χ3n) is 4.75. The van der Waals surface area contributed by atoms with Gasteiger partial charge in [-0.15, -0.1) is 0 Å². The minimum Gasteiger partial charge on any atom is -0.466 e. The van der Waals surface area contributed by atoms with E-state index in [-0.39, 0.29) is 24.1 Å². The van der Waals surface area contributed by atoms with Gasteiger partial charge in [0.1, 0.15) is 5.78 Å². The van der Waals surface area contributed by atoms with Gasteiger partial charge in [-0.1, -0.05) is 55.3 Å². The van der Waals surface area contributed by atoms with Gasteiger partial charge in [-0.25, -0.2) is 0 Å². The average Bonchev–Trinajstić information content (AvgIpc) is 2.73. The number of hydrogen-bond donors (Lipinski definition) is 1. The Bertz CT molecular complexity index is 800. The molecule has 0 aliphatic heterocycles. The first-order chi connectivity index (χ1) is 14.6. The van der Waals surface area contributed by atoms with Gasteiger partial charge in [0, 0.05) is 24.9 Å². The van der Waals surface area contributed by atoms with Crippen LogP contribution < -0.4 is 5.32 Å². The number of ketones is 1. The van der Waals surface area contributed by atoms with Gasteiger partial charge < -0.3 is 10.1 Å². The molecule has 5 nitrogen and oxygen atoms in total. The van der Waals surface area contributed by atoms with Crippen molar-refractivity contribution in [3.05, 3.63) is 65.7 Å². The zero-order valence-corrected chi connectivity index (χ0v) is 17.7. The highest BCUT2D eigenvalue weighted by Crippen LogP contribution is 2.13. The lowest BCUT2D eigenvalue weighted by molar-refractivity contribution is -0.142. The lowest BCUT2D eigenvalue weighted by Gasteiger charge is -2.07. The number of ether oxygens (including phenoxy) is 1. The maximum absolute atomic E-state index is 12.1. The number of carbonyl (C=O) groups excluding carboxylic acids is 3. The van der Waals surface area contributed by atoms with Crippen LogP contribution in [0.3, 0.4) is 0 Å². The largest absolute Gasteiger partial charge is 0.466 e. The maximum Gasteiger partial charge on any atom is 0.310 e. The highest BCUT2D eigenvalue weighted by Gasteiger charge is 2.06. The number of benzene rings is 2. The summed E-state index contributed by atoms with van der Waals surface area (Å²) < 4.78 is 4.93. The fourth-order valence-corrected chi connectivity index (χ4v) is 3.18. The summed E-state index contributed by atoms with van der Waals surface area (Å²) in [6, 6.07) is 17.0. The minimum atomic E-state index is -0.254. The van der Waals surface area contributed by atoms with Crippen LogP contribution in [0.25, 0.3) is 0 Å². The molecule has 0 fully saturated rings. The topological polar surface area (TPSA) is 72.5 Å².